The van der Waals surface area contributed by atoms with E-state index in [1.807, 2.05) is 0 Å². The summed E-state index contributed by atoms with van der Waals surface area (Å²) in [6.45, 7) is 0. The summed E-state index contributed by atoms with van der Waals surface area (Å²) in [5.74, 6) is -0.883. The number of nitrogens with two attached hydrogens (primary N) is 1. The number of anilines is 1. The van der Waals surface area contributed by atoms with Crippen molar-refractivity contribution in [2.45, 2.75) is 0 Å². The summed E-state index contributed by atoms with van der Waals surface area (Å²) in [6.07, 6.45) is 0. The number of nitrogens with zero attached hydrogens (tertiary/aromatic N) is 2. The molecule has 0 aliphatic rings. The molecule has 0 aliphatic heterocycles. The molecule has 1 heterocycles. The van der Waals surface area contributed by atoms with Crippen LogP contribution in [0.3, 0.4) is 0 Å². The summed E-state index contributed by atoms with van der Waals surface area (Å²) >= 11 is 0. The molecule has 0 bridgehead atoms. The van der Waals surface area contributed by atoms with Gasteiger partial charge in [0, 0.05) is 12.1 Å². The van der Waals surface area contributed by atoms with Crippen molar-refractivity contribution in [2.75, 3.05) is 5.73 Å². The van der Waals surface area contributed by atoms with Gasteiger partial charge in [0.1, 0.15) is 0 Å². The van der Waals surface area contributed by atoms with Crippen molar-refractivity contribution >= 4 is 11.5 Å². The molecular formula is C11H8FN3O3. The van der Waals surface area contributed by atoms with Crippen LogP contribution >= 0.6 is 0 Å². The summed E-state index contributed by atoms with van der Waals surface area (Å²) in [4.78, 5) is 13.6. The molecule has 1 aromatic carbocycles. The highest BCUT2D eigenvalue weighted by Gasteiger charge is 2.14. The summed E-state index contributed by atoms with van der Waals surface area (Å²) in [7, 11) is 0. The molecule has 0 saturated heterocycles. The molecule has 6 nitrogen and oxygen atoms in total. The molecule has 0 unspecified atom stereocenters. The molecular weight excluding hydrogens is 241 g/mol. The smallest absolute Gasteiger partial charge is 0.311 e. The van der Waals surface area contributed by atoms with Crippen LogP contribution in [0.4, 0.5) is 15.9 Å². The van der Waals surface area contributed by atoms with Crippen molar-refractivity contribution in [1.29, 1.82) is 0 Å². The molecule has 0 fully saturated rings. The Morgan fingerprint density at radius 1 is 1.28 bits per heavy atom. The molecule has 0 spiro atoms. The van der Waals surface area contributed by atoms with Crippen LogP contribution in [0.2, 0.25) is 0 Å². The Kier molecular flexibility index (Phi) is 3.05. The van der Waals surface area contributed by atoms with Crippen molar-refractivity contribution in [3.8, 4) is 11.6 Å². The van der Waals surface area contributed by atoms with E-state index < -0.39 is 10.7 Å². The van der Waals surface area contributed by atoms with Crippen molar-refractivity contribution in [3.05, 3.63) is 52.3 Å². The van der Waals surface area contributed by atoms with E-state index in [1.165, 1.54) is 24.3 Å². The molecule has 92 valence electrons. The maximum Gasteiger partial charge on any atom is 0.311 e. The Labute approximate surface area is 101 Å². The van der Waals surface area contributed by atoms with E-state index in [0.717, 1.165) is 6.07 Å². The van der Waals surface area contributed by atoms with Gasteiger partial charge < -0.3 is 10.5 Å². The molecule has 2 rings (SSSR count). The molecule has 2 N–H and O–H groups in total. The molecule has 2 aromatic rings. The van der Waals surface area contributed by atoms with Gasteiger partial charge in [0.2, 0.25) is 11.7 Å². The second-order valence-corrected chi connectivity index (χ2v) is 3.34. The zero-order chi connectivity index (χ0) is 13.1. The molecule has 0 radical (unpaired) electrons. The molecule has 0 saturated carbocycles. The monoisotopic (exact) mass is 249 g/mol. The lowest BCUT2D eigenvalue weighted by Gasteiger charge is -2.05. The topological polar surface area (TPSA) is 91.3 Å². The third kappa shape index (κ3) is 2.34. The highest BCUT2D eigenvalue weighted by atomic mass is 19.1. The number of nitro groups is 1. The number of nitrogen functional groups attached to an aromatic ring is 1. The number of benzene rings is 1. The summed E-state index contributed by atoms with van der Waals surface area (Å²) in [5, 5.41) is 10.5. The van der Waals surface area contributed by atoms with Gasteiger partial charge in [0.15, 0.2) is 11.6 Å². The minimum Gasteiger partial charge on any atom is -0.436 e. The lowest BCUT2D eigenvalue weighted by atomic mass is 10.3. The highest BCUT2D eigenvalue weighted by molar-refractivity contribution is 5.53. The van der Waals surface area contributed by atoms with Crippen LogP contribution in [-0.4, -0.2) is 9.91 Å². The lowest BCUT2D eigenvalue weighted by molar-refractivity contribution is -0.384. The third-order valence-corrected chi connectivity index (χ3v) is 2.12. The Morgan fingerprint density at radius 2 is 2.00 bits per heavy atom. The molecule has 18 heavy (non-hydrogen) atoms. The summed E-state index contributed by atoms with van der Waals surface area (Å²) in [5.41, 5.74) is 5.06. The van der Waals surface area contributed by atoms with Gasteiger partial charge in [-0.2, -0.15) is 4.98 Å². The average Bonchev–Trinajstić information content (AvgIpc) is 2.32. The fourth-order valence-electron chi connectivity index (χ4n) is 1.30. The van der Waals surface area contributed by atoms with Crippen molar-refractivity contribution in [2.24, 2.45) is 0 Å². The number of halogens is 1. The average molecular weight is 249 g/mol. The molecule has 1 aromatic heterocycles. The summed E-state index contributed by atoms with van der Waals surface area (Å²) < 4.78 is 18.4. The Morgan fingerprint density at radius 3 is 2.61 bits per heavy atom. The third-order valence-electron chi connectivity index (χ3n) is 2.12. The molecule has 0 amide bonds. The van der Waals surface area contributed by atoms with E-state index in [9.17, 15) is 14.5 Å². The van der Waals surface area contributed by atoms with Gasteiger partial charge in [0.05, 0.1) is 4.92 Å². The van der Waals surface area contributed by atoms with Gasteiger partial charge >= 0.3 is 5.69 Å². The second-order valence-electron chi connectivity index (χ2n) is 3.34. The van der Waals surface area contributed by atoms with E-state index in [4.69, 9.17) is 10.5 Å². The number of ether oxygens (including phenoxy) is 1. The lowest BCUT2D eigenvalue weighted by Crippen LogP contribution is -2.00. The zero-order valence-corrected chi connectivity index (χ0v) is 9.04. The maximum absolute atomic E-state index is 13.3. The first-order valence-corrected chi connectivity index (χ1v) is 4.91. The quantitative estimate of drug-likeness (QED) is 0.666. The first kappa shape index (κ1) is 11.8. The van der Waals surface area contributed by atoms with Gasteiger partial charge in [-0.25, -0.2) is 4.39 Å². The van der Waals surface area contributed by atoms with Crippen molar-refractivity contribution in [1.82, 2.24) is 4.98 Å². The molecule has 0 aliphatic carbocycles. The van der Waals surface area contributed by atoms with Crippen LogP contribution in [-0.2, 0) is 0 Å². The van der Waals surface area contributed by atoms with Gasteiger partial charge in [-0.1, -0.05) is 12.1 Å². The number of pyridine rings is 1. The number of rotatable bonds is 3. The SMILES string of the molecule is Nc1nc(Oc2ccccc2F)ccc1[N+](=O)[O-]. The largest absolute Gasteiger partial charge is 0.436 e. The Bertz CT molecular complexity index is 604. The van der Waals surface area contributed by atoms with E-state index >= 15 is 0 Å². The number of hydrogen-bond donors (Lipinski definition) is 1. The zero-order valence-electron chi connectivity index (χ0n) is 9.04. The van der Waals surface area contributed by atoms with Gasteiger partial charge in [-0.3, -0.25) is 10.1 Å². The fourth-order valence-corrected chi connectivity index (χ4v) is 1.30. The van der Waals surface area contributed by atoms with Crippen LogP contribution in [0.5, 0.6) is 11.6 Å². The van der Waals surface area contributed by atoms with Gasteiger partial charge in [-0.15, -0.1) is 0 Å². The van der Waals surface area contributed by atoms with Crippen LogP contribution in [0, 0.1) is 15.9 Å². The fraction of sp³-hybridized carbons (Fsp3) is 0. The number of aromatic nitrogens is 1. The van der Waals surface area contributed by atoms with Crippen LogP contribution in [0.1, 0.15) is 0 Å². The number of para-hydroxylation sites is 1. The predicted molar refractivity (Wildman–Crippen MR) is 61.8 cm³/mol. The normalized spacial score (nSPS) is 10.1. The first-order valence-electron chi connectivity index (χ1n) is 4.91. The van der Waals surface area contributed by atoms with Gasteiger partial charge in [0.25, 0.3) is 0 Å². The predicted octanol–water partition coefficient (Wildman–Crippen LogP) is 2.50. The minimum atomic E-state index is -0.658. The summed E-state index contributed by atoms with van der Waals surface area (Å²) in [6, 6.07) is 8.14. The maximum atomic E-state index is 13.3. The first-order chi connectivity index (χ1) is 8.58. The highest BCUT2D eigenvalue weighted by Crippen LogP contribution is 2.26. The van der Waals surface area contributed by atoms with Gasteiger partial charge in [-0.05, 0) is 12.1 Å². The van der Waals surface area contributed by atoms with Crippen LogP contribution < -0.4 is 10.5 Å². The minimum absolute atomic E-state index is 0.0109. The van der Waals surface area contributed by atoms with E-state index in [2.05, 4.69) is 4.98 Å². The molecule has 7 heteroatoms. The number of hydrogen-bond acceptors (Lipinski definition) is 5. The van der Waals surface area contributed by atoms with E-state index in [-0.39, 0.29) is 23.1 Å². The Hall–Kier alpha value is -2.70. The Balaban J connectivity index is 2.29. The standard InChI is InChI=1S/C11H8FN3O3/c12-7-3-1-2-4-9(7)18-10-6-5-8(15(16)17)11(13)14-10/h1-6H,(H2,13,14). The van der Waals surface area contributed by atoms with E-state index in [0.29, 0.717) is 0 Å². The van der Waals surface area contributed by atoms with Crippen molar-refractivity contribution < 1.29 is 14.1 Å². The second kappa shape index (κ2) is 4.66. The molecule has 0 atom stereocenters. The van der Waals surface area contributed by atoms with E-state index in [1.54, 1.807) is 6.07 Å². The van der Waals surface area contributed by atoms with Crippen LogP contribution in [0.15, 0.2) is 36.4 Å². The van der Waals surface area contributed by atoms with Crippen molar-refractivity contribution in [3.63, 3.8) is 0 Å². The van der Waals surface area contributed by atoms with Crippen LogP contribution in [0.25, 0.3) is 0 Å².